The molecule has 0 radical (unpaired) electrons. The largest absolute Gasteiger partial charge is 0.319 e. The van der Waals surface area contributed by atoms with Crippen LogP contribution in [0.3, 0.4) is 0 Å². The van der Waals surface area contributed by atoms with Crippen LogP contribution in [0.5, 0.6) is 0 Å². The average Bonchev–Trinajstić information content (AvgIpc) is 3.02. The zero-order valence-corrected chi connectivity index (χ0v) is 18.3. The van der Waals surface area contributed by atoms with Gasteiger partial charge in [-0.3, -0.25) is 4.79 Å². The summed E-state index contributed by atoms with van der Waals surface area (Å²) in [7, 11) is -1.81. The van der Waals surface area contributed by atoms with Crippen molar-refractivity contribution in [2.45, 2.75) is 24.7 Å². The Kier molecular flexibility index (Phi) is 5.61. The maximum absolute atomic E-state index is 13.4. The van der Waals surface area contributed by atoms with Gasteiger partial charge in [-0.05, 0) is 61.2 Å². The van der Waals surface area contributed by atoms with Gasteiger partial charge in [0.15, 0.2) is 4.80 Å². The summed E-state index contributed by atoms with van der Waals surface area (Å²) in [6, 6.07) is 10.3. The molecule has 1 saturated heterocycles. The molecule has 1 fully saturated rings. The molecule has 1 amide bonds. The molecule has 4 rings (SSSR count). The third-order valence-corrected chi connectivity index (χ3v) is 8.30. The highest BCUT2D eigenvalue weighted by Gasteiger charge is 2.28. The number of aryl methyl sites for hydroxylation is 1. The fraction of sp³-hybridized carbons (Fsp3) is 0.333. The maximum Gasteiger partial charge on any atom is 0.279 e. The zero-order chi connectivity index (χ0) is 21.5. The minimum absolute atomic E-state index is 0.177. The second-order valence-electron chi connectivity index (χ2n) is 7.61. The summed E-state index contributed by atoms with van der Waals surface area (Å²) in [6.07, 6.45) is 1.88. The summed E-state index contributed by atoms with van der Waals surface area (Å²) in [5.74, 6) is -0.487. The van der Waals surface area contributed by atoms with E-state index in [2.05, 4.69) is 4.99 Å². The first-order chi connectivity index (χ1) is 14.3. The molecular formula is C21H22FN3O3S2. The number of nitrogens with zero attached hydrogens (tertiary/aromatic N) is 3. The molecule has 0 aliphatic carbocycles. The number of sulfonamides is 1. The van der Waals surface area contributed by atoms with Gasteiger partial charge >= 0.3 is 0 Å². The van der Waals surface area contributed by atoms with Crippen LogP contribution in [0.1, 0.15) is 30.1 Å². The first kappa shape index (κ1) is 20.9. The zero-order valence-electron chi connectivity index (χ0n) is 16.7. The summed E-state index contributed by atoms with van der Waals surface area (Å²) in [6.45, 7) is 3.08. The lowest BCUT2D eigenvalue weighted by Gasteiger charge is -2.30. The Labute approximate surface area is 178 Å². The molecule has 158 valence electrons. The number of aromatic nitrogens is 1. The van der Waals surface area contributed by atoms with Crippen LogP contribution in [0.4, 0.5) is 4.39 Å². The van der Waals surface area contributed by atoms with Crippen molar-refractivity contribution >= 4 is 37.5 Å². The lowest BCUT2D eigenvalue weighted by atomic mass is 10.0. The van der Waals surface area contributed by atoms with Gasteiger partial charge in [-0.2, -0.15) is 9.30 Å². The van der Waals surface area contributed by atoms with E-state index in [1.165, 1.54) is 52.0 Å². The number of hydrogen-bond acceptors (Lipinski definition) is 4. The number of benzene rings is 2. The molecule has 1 unspecified atom stereocenters. The molecule has 0 saturated carbocycles. The predicted octanol–water partition coefficient (Wildman–Crippen LogP) is 3.54. The summed E-state index contributed by atoms with van der Waals surface area (Å²) < 4.78 is 43.1. The van der Waals surface area contributed by atoms with E-state index in [-0.39, 0.29) is 10.7 Å². The fourth-order valence-electron chi connectivity index (χ4n) is 3.65. The summed E-state index contributed by atoms with van der Waals surface area (Å²) in [4.78, 5) is 17.4. The van der Waals surface area contributed by atoms with Gasteiger partial charge in [0.25, 0.3) is 5.91 Å². The molecule has 9 heteroatoms. The second kappa shape index (κ2) is 8.05. The topological polar surface area (TPSA) is 71.7 Å². The smallest absolute Gasteiger partial charge is 0.279 e. The molecule has 1 atom stereocenters. The molecule has 2 aromatic carbocycles. The molecule has 6 nitrogen and oxygen atoms in total. The van der Waals surface area contributed by atoms with Crippen molar-refractivity contribution in [3.8, 4) is 0 Å². The Balaban J connectivity index is 1.61. The van der Waals surface area contributed by atoms with Crippen LogP contribution in [0.25, 0.3) is 10.2 Å². The van der Waals surface area contributed by atoms with E-state index in [1.807, 2.05) is 6.92 Å². The normalized spacial score (nSPS) is 18.8. The van der Waals surface area contributed by atoms with Gasteiger partial charge in [0.05, 0.1) is 15.1 Å². The second-order valence-corrected chi connectivity index (χ2v) is 10.6. The first-order valence-electron chi connectivity index (χ1n) is 9.70. The fourth-order valence-corrected chi connectivity index (χ4v) is 6.29. The van der Waals surface area contributed by atoms with E-state index in [1.54, 1.807) is 17.7 Å². The first-order valence-corrected chi connectivity index (χ1v) is 12.0. The number of fused-ring (bicyclic) bond motifs is 1. The van der Waals surface area contributed by atoms with Crippen LogP contribution in [0.2, 0.25) is 0 Å². The quantitative estimate of drug-likeness (QED) is 0.617. The molecular weight excluding hydrogens is 425 g/mol. The molecule has 2 heterocycles. The van der Waals surface area contributed by atoms with E-state index in [4.69, 9.17) is 0 Å². The van der Waals surface area contributed by atoms with Crippen molar-refractivity contribution in [3.63, 3.8) is 0 Å². The molecule has 0 N–H and O–H groups in total. The molecule has 1 aliphatic heterocycles. The Morgan fingerprint density at radius 2 is 1.93 bits per heavy atom. The highest BCUT2D eigenvalue weighted by Crippen LogP contribution is 2.24. The van der Waals surface area contributed by atoms with E-state index < -0.39 is 15.9 Å². The van der Waals surface area contributed by atoms with Gasteiger partial charge in [-0.25, -0.2) is 12.8 Å². The summed E-state index contributed by atoms with van der Waals surface area (Å²) >= 11 is 1.22. The van der Waals surface area contributed by atoms with Crippen LogP contribution >= 0.6 is 11.3 Å². The number of piperidine rings is 1. The molecule has 0 spiro atoms. The van der Waals surface area contributed by atoms with Gasteiger partial charge in [-0.15, -0.1) is 0 Å². The highest BCUT2D eigenvalue weighted by molar-refractivity contribution is 7.89. The number of halogens is 1. The van der Waals surface area contributed by atoms with Crippen LogP contribution in [-0.4, -0.2) is 36.3 Å². The minimum atomic E-state index is -3.57. The number of carbonyl (C=O) groups is 1. The summed E-state index contributed by atoms with van der Waals surface area (Å²) in [5, 5.41) is 0. The van der Waals surface area contributed by atoms with Crippen LogP contribution < -0.4 is 4.80 Å². The molecule has 1 aromatic heterocycles. The predicted molar refractivity (Wildman–Crippen MR) is 114 cm³/mol. The number of thiazole rings is 1. The van der Waals surface area contributed by atoms with Crippen molar-refractivity contribution in [1.29, 1.82) is 0 Å². The van der Waals surface area contributed by atoms with Crippen LogP contribution in [0.15, 0.2) is 52.4 Å². The summed E-state index contributed by atoms with van der Waals surface area (Å²) in [5.41, 5.74) is 1.08. The Morgan fingerprint density at radius 3 is 2.63 bits per heavy atom. The molecule has 30 heavy (non-hydrogen) atoms. The Hall–Kier alpha value is -2.36. The van der Waals surface area contributed by atoms with E-state index >= 15 is 0 Å². The number of carbonyl (C=O) groups excluding carboxylic acids is 1. The number of amides is 1. The van der Waals surface area contributed by atoms with Gasteiger partial charge < -0.3 is 4.57 Å². The third-order valence-electron chi connectivity index (χ3n) is 5.33. The molecule has 3 aromatic rings. The minimum Gasteiger partial charge on any atom is -0.319 e. The lowest BCUT2D eigenvalue weighted by molar-refractivity contribution is 0.0998. The van der Waals surface area contributed by atoms with Gasteiger partial charge in [0.1, 0.15) is 5.82 Å². The maximum atomic E-state index is 13.4. The van der Waals surface area contributed by atoms with Crippen molar-refractivity contribution in [2.24, 2.45) is 18.0 Å². The standard InChI is InChI=1S/C21H22FN3O3S2/c1-14-4-3-11-25(13-14)30(27,28)17-8-5-15(6-9-17)20(26)23-21-24(2)18-10-7-16(22)12-19(18)29-21/h5-10,12,14H,3-4,11,13H2,1-2H3. The van der Waals surface area contributed by atoms with Gasteiger partial charge in [0, 0.05) is 25.7 Å². The van der Waals surface area contributed by atoms with Crippen molar-refractivity contribution < 1.29 is 17.6 Å². The monoisotopic (exact) mass is 447 g/mol. The number of hydrogen-bond donors (Lipinski definition) is 0. The van der Waals surface area contributed by atoms with E-state index in [9.17, 15) is 17.6 Å². The van der Waals surface area contributed by atoms with E-state index in [0.29, 0.717) is 34.1 Å². The highest BCUT2D eigenvalue weighted by atomic mass is 32.2. The van der Waals surface area contributed by atoms with Gasteiger partial charge in [0.2, 0.25) is 10.0 Å². The van der Waals surface area contributed by atoms with Crippen LogP contribution in [0, 0.1) is 11.7 Å². The van der Waals surface area contributed by atoms with Crippen LogP contribution in [-0.2, 0) is 17.1 Å². The van der Waals surface area contributed by atoms with E-state index in [0.717, 1.165) is 18.4 Å². The van der Waals surface area contributed by atoms with Crippen molar-refractivity contribution in [1.82, 2.24) is 8.87 Å². The Bertz CT molecular complexity index is 1280. The van der Waals surface area contributed by atoms with Gasteiger partial charge in [-0.1, -0.05) is 18.3 Å². The van der Waals surface area contributed by atoms with Crippen molar-refractivity contribution in [2.75, 3.05) is 13.1 Å². The molecule has 1 aliphatic rings. The molecule has 0 bridgehead atoms. The van der Waals surface area contributed by atoms with Crippen molar-refractivity contribution in [3.05, 3.63) is 58.6 Å². The lowest BCUT2D eigenvalue weighted by Crippen LogP contribution is -2.39. The Morgan fingerprint density at radius 1 is 1.20 bits per heavy atom. The third kappa shape index (κ3) is 3.97. The number of rotatable bonds is 3. The SMILES string of the molecule is CC1CCCN(S(=O)(=O)c2ccc(C(=O)N=c3sc4cc(F)ccc4n3C)cc2)C1. The average molecular weight is 448 g/mol.